The molecule has 0 amide bonds. The lowest BCUT2D eigenvalue weighted by molar-refractivity contribution is -0.385. The van der Waals surface area contributed by atoms with Crippen LogP contribution in [0.3, 0.4) is 0 Å². The Bertz CT molecular complexity index is 909. The Balaban J connectivity index is 2.42. The predicted molar refractivity (Wildman–Crippen MR) is 83.9 cm³/mol. The molecule has 0 atom stereocenters. The van der Waals surface area contributed by atoms with Crippen LogP contribution in [0.2, 0.25) is 0 Å². The second kappa shape index (κ2) is 6.54. The maximum absolute atomic E-state index is 12.4. The zero-order valence-electron chi connectivity index (χ0n) is 12.3. The fourth-order valence-corrected chi connectivity index (χ4v) is 3.12. The van der Waals surface area contributed by atoms with Crippen LogP contribution in [-0.4, -0.2) is 31.5 Å². The molecule has 0 aliphatic rings. The molecule has 0 aromatic heterocycles. The summed E-state index contributed by atoms with van der Waals surface area (Å²) in [5.41, 5.74) is -0.375. The number of sulfonamides is 1. The quantitative estimate of drug-likeness (QED) is 0.600. The molecular formula is C14H12N2O7S. The molecule has 0 radical (unpaired) electrons. The summed E-state index contributed by atoms with van der Waals surface area (Å²) in [6.07, 6.45) is 0. The van der Waals surface area contributed by atoms with Crippen LogP contribution in [-0.2, 0) is 10.0 Å². The third kappa shape index (κ3) is 3.60. The van der Waals surface area contributed by atoms with E-state index in [4.69, 9.17) is 9.84 Å². The molecule has 2 rings (SSSR count). The van der Waals surface area contributed by atoms with E-state index >= 15 is 0 Å². The summed E-state index contributed by atoms with van der Waals surface area (Å²) in [5, 5.41) is 19.7. The summed E-state index contributed by atoms with van der Waals surface area (Å²) >= 11 is 0. The van der Waals surface area contributed by atoms with Crippen LogP contribution < -0.4 is 9.46 Å². The normalized spacial score (nSPS) is 10.9. The highest BCUT2D eigenvalue weighted by molar-refractivity contribution is 7.92. The number of ether oxygens (including phenoxy) is 1. The number of anilines is 1. The van der Waals surface area contributed by atoms with E-state index in [2.05, 4.69) is 4.72 Å². The van der Waals surface area contributed by atoms with E-state index < -0.39 is 20.9 Å². The molecule has 0 aliphatic carbocycles. The maximum Gasteiger partial charge on any atom is 0.335 e. The number of methoxy groups -OCH3 is 1. The van der Waals surface area contributed by atoms with Gasteiger partial charge in [0.05, 0.1) is 23.7 Å². The Labute approximate surface area is 136 Å². The first-order valence-electron chi connectivity index (χ1n) is 6.43. The van der Waals surface area contributed by atoms with Crippen molar-refractivity contribution in [3.63, 3.8) is 0 Å². The number of nitrogens with zero attached hydrogens (tertiary/aromatic N) is 1. The summed E-state index contributed by atoms with van der Waals surface area (Å²) in [6, 6.07) is 8.29. The van der Waals surface area contributed by atoms with Gasteiger partial charge in [-0.1, -0.05) is 6.07 Å². The van der Waals surface area contributed by atoms with Gasteiger partial charge in [-0.15, -0.1) is 0 Å². The summed E-state index contributed by atoms with van der Waals surface area (Å²) < 4.78 is 32.0. The summed E-state index contributed by atoms with van der Waals surface area (Å²) in [4.78, 5) is 20.7. The molecule has 0 heterocycles. The van der Waals surface area contributed by atoms with E-state index in [1.807, 2.05) is 0 Å². The number of rotatable bonds is 6. The number of nitro benzene ring substituents is 1. The van der Waals surface area contributed by atoms with Crippen LogP contribution in [0.25, 0.3) is 0 Å². The first-order valence-corrected chi connectivity index (χ1v) is 7.91. The lowest BCUT2D eigenvalue weighted by Crippen LogP contribution is -2.14. The zero-order chi connectivity index (χ0) is 17.9. The lowest BCUT2D eigenvalue weighted by Gasteiger charge is -2.11. The van der Waals surface area contributed by atoms with Gasteiger partial charge in [0, 0.05) is 11.8 Å². The summed E-state index contributed by atoms with van der Waals surface area (Å²) in [7, 11) is -2.95. The highest BCUT2D eigenvalue weighted by Crippen LogP contribution is 2.29. The summed E-state index contributed by atoms with van der Waals surface area (Å²) in [6.45, 7) is 0. The number of carboxylic acid groups (broad SMARTS) is 1. The number of nitrogens with one attached hydrogen (secondary N) is 1. The molecule has 0 aliphatic heterocycles. The van der Waals surface area contributed by atoms with Crippen LogP contribution in [0.1, 0.15) is 10.4 Å². The average molecular weight is 352 g/mol. The van der Waals surface area contributed by atoms with Crippen molar-refractivity contribution in [3.05, 3.63) is 58.1 Å². The molecule has 0 spiro atoms. The third-order valence-corrected chi connectivity index (χ3v) is 4.43. The van der Waals surface area contributed by atoms with Gasteiger partial charge in [0.15, 0.2) is 0 Å². The standard InChI is InChI=1S/C14H12N2O7S/c1-23-12-8-11(16(19)20)5-6-13(12)24(21,22)15-10-4-2-3-9(7-10)14(17)18/h2-8,15H,1H3,(H,17,18). The molecule has 0 saturated carbocycles. The fraction of sp³-hybridized carbons (Fsp3) is 0.0714. The van der Waals surface area contributed by atoms with Gasteiger partial charge < -0.3 is 9.84 Å². The van der Waals surface area contributed by atoms with Crippen molar-refractivity contribution in [2.45, 2.75) is 4.90 Å². The van der Waals surface area contributed by atoms with E-state index in [0.29, 0.717) is 0 Å². The minimum atomic E-state index is -4.13. The number of hydrogen-bond acceptors (Lipinski definition) is 6. The smallest absolute Gasteiger partial charge is 0.335 e. The number of hydrogen-bond donors (Lipinski definition) is 2. The van der Waals surface area contributed by atoms with E-state index in [9.17, 15) is 23.3 Å². The Morgan fingerprint density at radius 2 is 1.96 bits per heavy atom. The molecule has 0 saturated heterocycles. The highest BCUT2D eigenvalue weighted by Gasteiger charge is 2.22. The molecule has 0 fully saturated rings. The van der Waals surface area contributed by atoms with Gasteiger partial charge in [-0.05, 0) is 24.3 Å². The maximum atomic E-state index is 12.4. The Morgan fingerprint density at radius 3 is 2.54 bits per heavy atom. The van der Waals surface area contributed by atoms with Gasteiger partial charge in [-0.3, -0.25) is 14.8 Å². The van der Waals surface area contributed by atoms with Crippen LogP contribution in [0.15, 0.2) is 47.4 Å². The van der Waals surface area contributed by atoms with Gasteiger partial charge in [0.25, 0.3) is 15.7 Å². The zero-order valence-corrected chi connectivity index (χ0v) is 13.1. The van der Waals surface area contributed by atoms with Gasteiger partial charge >= 0.3 is 5.97 Å². The third-order valence-electron chi connectivity index (χ3n) is 3.01. The SMILES string of the molecule is COc1cc([N+](=O)[O-])ccc1S(=O)(=O)Nc1cccc(C(=O)O)c1. The number of aromatic carboxylic acids is 1. The monoisotopic (exact) mass is 352 g/mol. The van der Waals surface area contributed by atoms with Crippen LogP contribution in [0.5, 0.6) is 5.75 Å². The van der Waals surface area contributed by atoms with E-state index in [1.165, 1.54) is 25.3 Å². The largest absolute Gasteiger partial charge is 0.495 e. The van der Waals surface area contributed by atoms with Crippen molar-refractivity contribution in [1.82, 2.24) is 0 Å². The molecule has 2 aromatic carbocycles. The van der Waals surface area contributed by atoms with Crippen molar-refractivity contribution in [1.29, 1.82) is 0 Å². The Kier molecular flexibility index (Phi) is 4.69. The molecule has 24 heavy (non-hydrogen) atoms. The second-order valence-corrected chi connectivity index (χ2v) is 6.23. The van der Waals surface area contributed by atoms with Gasteiger partial charge in [-0.25, -0.2) is 13.2 Å². The number of nitro groups is 1. The van der Waals surface area contributed by atoms with Crippen molar-refractivity contribution in [2.75, 3.05) is 11.8 Å². The molecule has 10 heteroatoms. The fourth-order valence-electron chi connectivity index (χ4n) is 1.92. The highest BCUT2D eigenvalue weighted by atomic mass is 32.2. The molecule has 9 nitrogen and oxygen atoms in total. The number of non-ortho nitro benzene ring substituents is 1. The summed E-state index contributed by atoms with van der Waals surface area (Å²) in [5.74, 6) is -1.41. The van der Waals surface area contributed by atoms with E-state index in [0.717, 1.165) is 24.3 Å². The molecule has 2 N–H and O–H groups in total. The van der Waals surface area contributed by atoms with Gasteiger partial charge in [0.2, 0.25) is 0 Å². The van der Waals surface area contributed by atoms with E-state index in [-0.39, 0.29) is 27.6 Å². The van der Waals surface area contributed by atoms with Gasteiger partial charge in [-0.2, -0.15) is 0 Å². The lowest BCUT2D eigenvalue weighted by atomic mass is 10.2. The number of benzene rings is 2. The predicted octanol–water partition coefficient (Wildman–Crippen LogP) is 2.10. The van der Waals surface area contributed by atoms with Crippen molar-refractivity contribution in [2.24, 2.45) is 0 Å². The second-order valence-electron chi connectivity index (χ2n) is 4.58. The van der Waals surface area contributed by atoms with Crippen LogP contribution >= 0.6 is 0 Å². The van der Waals surface area contributed by atoms with Crippen molar-refractivity contribution >= 4 is 27.4 Å². The Morgan fingerprint density at radius 1 is 1.25 bits per heavy atom. The topological polar surface area (TPSA) is 136 Å². The minimum absolute atomic E-state index is 0.0373. The average Bonchev–Trinajstić information content (AvgIpc) is 2.53. The van der Waals surface area contributed by atoms with Gasteiger partial charge in [0.1, 0.15) is 10.6 Å². The molecule has 126 valence electrons. The van der Waals surface area contributed by atoms with Crippen LogP contribution in [0.4, 0.5) is 11.4 Å². The van der Waals surface area contributed by atoms with Crippen molar-refractivity contribution < 1.29 is 28.0 Å². The molecule has 0 unspecified atom stereocenters. The number of carboxylic acids is 1. The first kappa shape index (κ1) is 17.2. The molecule has 0 bridgehead atoms. The van der Waals surface area contributed by atoms with Crippen LogP contribution in [0, 0.1) is 10.1 Å². The van der Waals surface area contributed by atoms with Crippen molar-refractivity contribution in [3.8, 4) is 5.75 Å². The minimum Gasteiger partial charge on any atom is -0.495 e. The molecular weight excluding hydrogens is 340 g/mol. The first-order chi connectivity index (χ1) is 11.2. The Hall–Kier alpha value is -3.14. The van der Waals surface area contributed by atoms with E-state index in [1.54, 1.807) is 0 Å². The number of carbonyl (C=O) groups is 1. The molecule has 2 aromatic rings.